The summed E-state index contributed by atoms with van der Waals surface area (Å²) in [4.78, 5) is 24.8. The van der Waals surface area contributed by atoms with Gasteiger partial charge in [-0.1, -0.05) is 27.4 Å². The van der Waals surface area contributed by atoms with Crippen molar-refractivity contribution in [3.8, 4) is 0 Å². The molecule has 1 spiro atoms. The van der Waals surface area contributed by atoms with Gasteiger partial charge >= 0.3 is 0 Å². The number of fused-ring (bicyclic) bond motifs is 3. The molecule has 5 fully saturated rings. The van der Waals surface area contributed by atoms with Crippen molar-refractivity contribution in [3.63, 3.8) is 0 Å². The van der Waals surface area contributed by atoms with Gasteiger partial charge in [-0.15, -0.1) is 0 Å². The van der Waals surface area contributed by atoms with Gasteiger partial charge in [0.1, 0.15) is 24.4 Å². The number of hydrogen-bond donors (Lipinski definition) is 4. The molecule has 34 heavy (non-hydrogen) atoms. The number of allylic oxidation sites excluding steroid dienone is 1. The summed E-state index contributed by atoms with van der Waals surface area (Å²) in [7, 11) is 0. The van der Waals surface area contributed by atoms with Crippen LogP contribution in [0.4, 0.5) is 0 Å². The zero-order chi connectivity index (χ0) is 24.6. The van der Waals surface area contributed by atoms with E-state index in [2.05, 4.69) is 27.4 Å². The van der Waals surface area contributed by atoms with Crippen LogP contribution in [0.5, 0.6) is 0 Å². The third-order valence-electron chi connectivity index (χ3n) is 10.3. The number of rotatable bonds is 4. The Labute approximate surface area is 201 Å². The molecule has 5 rings (SSSR count). The number of ketones is 1. The van der Waals surface area contributed by atoms with Gasteiger partial charge in [0.2, 0.25) is 6.29 Å². The molecule has 8 nitrogen and oxygen atoms in total. The van der Waals surface area contributed by atoms with Crippen LogP contribution in [-0.2, 0) is 19.3 Å². The van der Waals surface area contributed by atoms with E-state index in [1.165, 1.54) is 0 Å². The summed E-state index contributed by atoms with van der Waals surface area (Å²) in [6.07, 6.45) is -0.680. The molecular formula is C26H40O8. The van der Waals surface area contributed by atoms with E-state index in [9.17, 15) is 25.2 Å². The number of carbonyl (C=O) groups is 1. The highest BCUT2D eigenvalue weighted by Gasteiger charge is 2.67. The van der Waals surface area contributed by atoms with Crippen molar-refractivity contribution < 1.29 is 39.7 Å². The van der Waals surface area contributed by atoms with E-state index >= 15 is 0 Å². The van der Waals surface area contributed by atoms with E-state index < -0.39 is 37.3 Å². The zero-order valence-corrected chi connectivity index (χ0v) is 20.5. The minimum atomic E-state index is -1.51. The lowest BCUT2D eigenvalue weighted by molar-refractivity contribution is -0.447. The fraction of sp³-hybridized carbons (Fsp3) is 0.885. The van der Waals surface area contributed by atoms with Crippen LogP contribution in [0.3, 0.4) is 0 Å². The van der Waals surface area contributed by atoms with Crippen molar-refractivity contribution >= 4 is 5.78 Å². The Balaban J connectivity index is 1.35. The number of ether oxygens (including phenoxy) is 1. The quantitative estimate of drug-likeness (QED) is 0.273. The van der Waals surface area contributed by atoms with Crippen molar-refractivity contribution in [2.45, 2.75) is 103 Å². The highest BCUT2D eigenvalue weighted by molar-refractivity contribution is 6.03. The monoisotopic (exact) mass is 480 g/mol. The van der Waals surface area contributed by atoms with E-state index in [1.807, 2.05) is 0 Å². The predicted molar refractivity (Wildman–Crippen MR) is 121 cm³/mol. The van der Waals surface area contributed by atoms with Crippen LogP contribution in [0.1, 0.15) is 65.7 Å². The molecule has 8 heteroatoms. The predicted octanol–water partition coefficient (Wildman–Crippen LogP) is 1.88. The van der Waals surface area contributed by atoms with Gasteiger partial charge in [-0.05, 0) is 79.1 Å². The molecule has 2 bridgehead atoms. The molecule has 4 saturated carbocycles. The Kier molecular flexibility index (Phi) is 6.08. The maximum Gasteiger partial charge on any atom is 0.220 e. The van der Waals surface area contributed by atoms with Crippen LogP contribution in [0, 0.1) is 34.0 Å². The van der Waals surface area contributed by atoms with Gasteiger partial charge in [0.05, 0.1) is 12.7 Å². The van der Waals surface area contributed by atoms with Gasteiger partial charge in [0.15, 0.2) is 5.78 Å². The van der Waals surface area contributed by atoms with Crippen LogP contribution in [0.25, 0.3) is 0 Å². The van der Waals surface area contributed by atoms with E-state index in [0.29, 0.717) is 11.8 Å². The summed E-state index contributed by atoms with van der Waals surface area (Å²) in [5.74, 6) is 1.36. The second-order valence-electron chi connectivity index (χ2n) is 12.5. The minimum absolute atomic E-state index is 0.0342. The zero-order valence-electron chi connectivity index (χ0n) is 20.5. The first kappa shape index (κ1) is 24.8. The fourth-order valence-electron chi connectivity index (χ4n) is 8.91. The third kappa shape index (κ3) is 3.48. The Morgan fingerprint density at radius 3 is 2.41 bits per heavy atom. The van der Waals surface area contributed by atoms with Crippen molar-refractivity contribution in [2.75, 3.05) is 6.61 Å². The van der Waals surface area contributed by atoms with Crippen LogP contribution in [0.2, 0.25) is 0 Å². The van der Waals surface area contributed by atoms with Crippen LogP contribution < -0.4 is 0 Å². The van der Waals surface area contributed by atoms with Gasteiger partial charge < -0.3 is 25.2 Å². The average Bonchev–Trinajstić information content (AvgIpc) is 2.96. The number of carbonyl (C=O) groups excluding carboxylic acids is 1. The van der Waals surface area contributed by atoms with Gasteiger partial charge in [0, 0.05) is 5.41 Å². The molecule has 11 atom stereocenters. The van der Waals surface area contributed by atoms with E-state index in [-0.39, 0.29) is 34.1 Å². The van der Waals surface area contributed by atoms with Crippen molar-refractivity contribution in [1.29, 1.82) is 0 Å². The average molecular weight is 481 g/mol. The number of Topliss-reactive ketones (excluding diaryl/α,β-unsaturated/α-hetero) is 1. The molecule has 0 radical (unpaired) electrons. The molecule has 1 aliphatic heterocycles. The SMILES string of the molecule is C=C1C(=O)C23CCC4C(C)(C)CC(OOC5OC(CO)C(O)C(O)C5O)CC4(C)C2CCC1C3. The van der Waals surface area contributed by atoms with Crippen molar-refractivity contribution in [3.05, 3.63) is 12.2 Å². The summed E-state index contributed by atoms with van der Waals surface area (Å²) in [6.45, 7) is 10.5. The molecule has 4 aliphatic carbocycles. The first-order valence-corrected chi connectivity index (χ1v) is 12.8. The summed E-state index contributed by atoms with van der Waals surface area (Å²) in [5, 5.41) is 39.8. The van der Waals surface area contributed by atoms with E-state index in [1.54, 1.807) is 0 Å². The first-order chi connectivity index (χ1) is 15.9. The molecule has 4 N–H and O–H groups in total. The maximum atomic E-state index is 13.4. The summed E-state index contributed by atoms with van der Waals surface area (Å²) >= 11 is 0. The molecule has 0 aromatic carbocycles. The van der Waals surface area contributed by atoms with E-state index in [4.69, 9.17) is 14.5 Å². The fourth-order valence-corrected chi connectivity index (χ4v) is 8.91. The second-order valence-corrected chi connectivity index (χ2v) is 12.5. The lowest BCUT2D eigenvalue weighted by atomic mass is 9.41. The van der Waals surface area contributed by atoms with Gasteiger partial charge in [-0.25, -0.2) is 9.78 Å². The lowest BCUT2D eigenvalue weighted by Gasteiger charge is -2.64. The van der Waals surface area contributed by atoms with Gasteiger partial charge in [-0.3, -0.25) is 4.79 Å². The lowest BCUT2D eigenvalue weighted by Crippen LogP contribution is -2.61. The first-order valence-electron chi connectivity index (χ1n) is 12.8. The highest BCUT2D eigenvalue weighted by Crippen LogP contribution is 2.71. The van der Waals surface area contributed by atoms with Gasteiger partial charge in [0.25, 0.3) is 0 Å². The summed E-state index contributed by atoms with van der Waals surface area (Å²) < 4.78 is 5.44. The molecule has 1 heterocycles. The number of hydrogen-bond acceptors (Lipinski definition) is 8. The molecule has 0 amide bonds. The topological polar surface area (TPSA) is 126 Å². The summed E-state index contributed by atoms with van der Waals surface area (Å²) in [5.41, 5.74) is 0.405. The van der Waals surface area contributed by atoms with E-state index in [0.717, 1.165) is 50.5 Å². The number of aliphatic hydroxyl groups excluding tert-OH is 4. The Bertz CT molecular complexity index is 841. The van der Waals surface area contributed by atoms with Crippen molar-refractivity contribution in [2.24, 2.45) is 34.0 Å². The Morgan fingerprint density at radius 2 is 1.71 bits per heavy atom. The third-order valence-corrected chi connectivity index (χ3v) is 10.3. The van der Waals surface area contributed by atoms with Crippen LogP contribution in [-0.4, -0.2) is 69.6 Å². The molecular weight excluding hydrogens is 440 g/mol. The maximum absolute atomic E-state index is 13.4. The number of aliphatic hydroxyl groups is 4. The Morgan fingerprint density at radius 1 is 0.971 bits per heavy atom. The molecule has 192 valence electrons. The highest BCUT2D eigenvalue weighted by atomic mass is 17.2. The summed E-state index contributed by atoms with van der Waals surface area (Å²) in [6, 6.07) is 0. The minimum Gasteiger partial charge on any atom is -0.394 e. The molecule has 5 aliphatic rings. The Hall–Kier alpha value is -0.870. The largest absolute Gasteiger partial charge is 0.394 e. The molecule has 0 aromatic rings. The van der Waals surface area contributed by atoms with Crippen LogP contribution in [0.15, 0.2) is 12.2 Å². The molecule has 0 aromatic heterocycles. The normalized spacial score (nSPS) is 52.3. The van der Waals surface area contributed by atoms with Gasteiger partial charge in [-0.2, -0.15) is 0 Å². The standard InChI is InChI=1S/C26H40O8/c1-13-14-5-6-18-25(4)11-15(33-34-23-21(30)20(29)19(28)16(12-27)32-23)10-24(2,3)17(25)7-8-26(18,9-14)22(13)31/h14-21,23,27-30H,1,5-12H2,2-4H3. The van der Waals surface area contributed by atoms with Crippen molar-refractivity contribution in [1.82, 2.24) is 0 Å². The second kappa shape index (κ2) is 8.33. The van der Waals surface area contributed by atoms with Crippen LogP contribution >= 0.6 is 0 Å². The molecule has 11 unspecified atom stereocenters. The smallest absolute Gasteiger partial charge is 0.220 e. The molecule has 1 saturated heterocycles.